The van der Waals surface area contributed by atoms with Crippen LogP contribution in [0.15, 0.2) is 315 Å². The van der Waals surface area contributed by atoms with Crippen molar-refractivity contribution in [1.29, 1.82) is 0 Å². The number of anilines is 12. The van der Waals surface area contributed by atoms with E-state index in [9.17, 15) is 0 Å². The summed E-state index contributed by atoms with van der Waals surface area (Å²) in [5.41, 5.74) is 43.6. The van der Waals surface area contributed by atoms with Gasteiger partial charge in [-0.15, -0.1) is 0 Å². The fourth-order valence-corrected chi connectivity index (χ4v) is 17.3. The molecule has 0 radical (unpaired) electrons. The van der Waals surface area contributed by atoms with Crippen LogP contribution in [0.4, 0.5) is 68.2 Å². The summed E-state index contributed by atoms with van der Waals surface area (Å²) in [4.78, 5) is 9.57. The van der Waals surface area contributed by atoms with E-state index in [2.05, 4.69) is 390 Å². The highest BCUT2D eigenvalue weighted by Crippen LogP contribution is 2.46. The molecule has 0 bridgehead atoms. The van der Waals surface area contributed by atoms with E-state index in [1.54, 1.807) is 0 Å². The Morgan fingerprint density at radius 1 is 0.175 bits per heavy atom. The Morgan fingerprint density at radius 2 is 0.325 bits per heavy atom. The zero-order valence-corrected chi connectivity index (χ0v) is 73.4. The molecule has 0 aliphatic heterocycles. The van der Waals surface area contributed by atoms with Gasteiger partial charge >= 0.3 is 0 Å². The van der Waals surface area contributed by atoms with E-state index in [0.29, 0.717) is 23.7 Å². The molecule has 0 saturated carbocycles. The van der Waals surface area contributed by atoms with Gasteiger partial charge in [-0.3, -0.25) is 0 Å². The number of para-hydroxylation sites is 2. The highest BCUT2D eigenvalue weighted by molar-refractivity contribution is 5.84. The van der Waals surface area contributed by atoms with Crippen molar-refractivity contribution in [2.75, 3.05) is 19.6 Å². The maximum Gasteiger partial charge on any atom is 0.0464 e. The van der Waals surface area contributed by atoms with Crippen molar-refractivity contribution >= 4 is 68.2 Å². The van der Waals surface area contributed by atoms with Crippen molar-refractivity contribution in [3.8, 4) is 22.3 Å². The molecule has 120 heavy (non-hydrogen) atoms. The average molecular weight is 1570 g/mol. The van der Waals surface area contributed by atoms with Gasteiger partial charge in [-0.25, -0.2) is 0 Å². The minimum absolute atomic E-state index is 0.607. The first-order valence-corrected chi connectivity index (χ1v) is 45.5. The average Bonchev–Trinajstić information content (AvgIpc) is 0.768. The lowest BCUT2D eigenvalue weighted by atomic mass is 9.87. The van der Waals surface area contributed by atoms with Gasteiger partial charge in [0, 0.05) is 68.2 Å². The van der Waals surface area contributed by atoms with Gasteiger partial charge < -0.3 is 19.6 Å². The Balaban J connectivity index is 0.000000124. The van der Waals surface area contributed by atoms with Gasteiger partial charge in [-0.1, -0.05) is 253 Å². The van der Waals surface area contributed by atoms with Crippen LogP contribution < -0.4 is 19.6 Å². The van der Waals surface area contributed by atoms with E-state index in [1.165, 1.54) is 282 Å². The maximum atomic E-state index is 2.43. The van der Waals surface area contributed by atoms with Crippen LogP contribution in [-0.2, 0) is 77.0 Å². The van der Waals surface area contributed by atoms with E-state index in [1.807, 2.05) is 27.7 Å². The normalized spacial score (nSPS) is 13.8. The second-order valence-electron chi connectivity index (χ2n) is 33.5. The molecule has 0 aromatic heterocycles. The summed E-state index contributed by atoms with van der Waals surface area (Å²) < 4.78 is 0. The highest BCUT2D eigenvalue weighted by atomic mass is 15.2. The largest absolute Gasteiger partial charge is 0.310 e. The van der Waals surface area contributed by atoms with E-state index in [0.717, 1.165) is 0 Å². The molecule has 4 atom stereocenters. The molecule has 6 aliphatic carbocycles. The summed E-state index contributed by atoms with van der Waals surface area (Å²) in [6.07, 6.45) is 19.3. The molecule has 0 amide bonds. The zero-order valence-electron chi connectivity index (χ0n) is 73.4. The number of aryl methyl sites for hydroxylation is 12. The topological polar surface area (TPSA) is 13.0 Å². The van der Waals surface area contributed by atoms with Crippen LogP contribution in [0.2, 0.25) is 0 Å². The summed E-state index contributed by atoms with van der Waals surface area (Å²) >= 11 is 0. The number of rotatable bonds is 22. The summed E-state index contributed by atoms with van der Waals surface area (Å²) in [6.45, 7) is 26.2. The highest BCUT2D eigenvalue weighted by Gasteiger charge is 2.26. The standard InChI is InChI=1S/C32H31N.C30H29N.C26H27N.C24H25N.2C2H6/c1-3-22(2)23-4-6-24(7-5-23)25-12-16-30(17-13-25)33(31-18-14-26-8-10-28(26)20-31)32-19-15-27-9-11-29(27)21-32;1-3-22(2)23-9-11-24(12-10-23)25-15-18-29(19-16-25)31(28-7-5-4-6-8-28)30-20-17-26-13-14-27(26)21-30;1-3-18(2)19-8-12-24(13-9-19)27(25-14-10-20-4-6-22(20)16-25)26-15-11-21-5-7-23(21)17-26;1-3-18(2)19-11-14-23(15-12-19)25(22-7-5-4-6-8-22)24-16-13-20-9-10-21(20)17-24;2*1-2/h4-7,12-22H,3,8-11H2,1-2H3;4-12,15-22H,3,13-14H2,1-2H3;8-18H,3-7H2,1-2H3;4-8,11-18H,3,9-10H2,1-2H3;2*1-2H3. The van der Waals surface area contributed by atoms with E-state index in [4.69, 9.17) is 0 Å². The van der Waals surface area contributed by atoms with Crippen LogP contribution in [0.5, 0.6) is 0 Å². The smallest absolute Gasteiger partial charge is 0.0464 e. The molecular formula is C116H124N4. The molecular weight excluding hydrogens is 1450 g/mol. The molecule has 0 fully saturated rings. The van der Waals surface area contributed by atoms with Crippen molar-refractivity contribution in [2.24, 2.45) is 0 Å². The van der Waals surface area contributed by atoms with Gasteiger partial charge in [0.2, 0.25) is 0 Å². The lowest BCUT2D eigenvalue weighted by Crippen LogP contribution is -2.16. The number of benzene rings is 14. The second kappa shape index (κ2) is 39.0. The fourth-order valence-electron chi connectivity index (χ4n) is 17.3. The Morgan fingerprint density at radius 3 is 0.500 bits per heavy atom. The van der Waals surface area contributed by atoms with Crippen LogP contribution in [0.1, 0.15) is 221 Å². The van der Waals surface area contributed by atoms with Gasteiger partial charge in [0.25, 0.3) is 0 Å². The van der Waals surface area contributed by atoms with Crippen LogP contribution in [0.3, 0.4) is 0 Å². The first-order chi connectivity index (χ1) is 58.9. The van der Waals surface area contributed by atoms with Gasteiger partial charge in [-0.2, -0.15) is 0 Å². The first kappa shape index (κ1) is 83.3. The van der Waals surface area contributed by atoms with Gasteiger partial charge in [0.15, 0.2) is 0 Å². The Labute approximate surface area is 719 Å². The first-order valence-electron chi connectivity index (χ1n) is 45.5. The van der Waals surface area contributed by atoms with Crippen LogP contribution >= 0.6 is 0 Å². The molecule has 4 nitrogen and oxygen atoms in total. The molecule has 14 aromatic carbocycles. The predicted octanol–water partition coefficient (Wildman–Crippen LogP) is 32.7. The fraction of sp³-hybridized carbons (Fsp3) is 0.276. The SMILES string of the molecule is CC.CC.CCC(C)c1ccc(-c2ccc(N(c3ccc4c(c3)CC4)c3ccc4c(c3)CC4)cc2)cc1.CCC(C)c1ccc(-c2ccc(N(c3ccccc3)c3ccc4c(c3)CC4)cc2)cc1.CCC(C)c1ccc(N(c2ccc3c(c2)CC3)c2ccc3c(c2)CC3)cc1.CCC(C)c1ccc(N(c2ccccc2)c2ccc3c(c2)CC3)cc1. The van der Waals surface area contributed by atoms with Crippen molar-refractivity contribution in [3.05, 3.63) is 404 Å². The van der Waals surface area contributed by atoms with Crippen LogP contribution in [-0.4, -0.2) is 0 Å². The van der Waals surface area contributed by atoms with Gasteiger partial charge in [-0.05, 0) is 383 Å². The lowest BCUT2D eigenvalue weighted by Gasteiger charge is -2.30. The third kappa shape index (κ3) is 18.5. The van der Waals surface area contributed by atoms with Crippen molar-refractivity contribution in [2.45, 2.75) is 209 Å². The molecule has 0 N–H and O–H groups in total. The number of hydrogen-bond donors (Lipinski definition) is 0. The Kier molecular flexibility index (Phi) is 27.1. The molecule has 608 valence electrons. The lowest BCUT2D eigenvalue weighted by molar-refractivity contribution is 0.733. The Bertz CT molecular complexity index is 5590. The second-order valence-corrected chi connectivity index (χ2v) is 33.5. The predicted molar refractivity (Wildman–Crippen MR) is 517 cm³/mol. The third-order valence-corrected chi connectivity index (χ3v) is 26.5. The van der Waals surface area contributed by atoms with E-state index in [-0.39, 0.29) is 0 Å². The molecule has 4 heteroatoms. The van der Waals surface area contributed by atoms with Crippen LogP contribution in [0.25, 0.3) is 22.3 Å². The maximum absolute atomic E-state index is 2.43. The van der Waals surface area contributed by atoms with Gasteiger partial charge in [0.05, 0.1) is 0 Å². The minimum Gasteiger partial charge on any atom is -0.310 e. The summed E-state index contributed by atoms with van der Waals surface area (Å²) in [5, 5.41) is 0. The quantitative estimate of drug-likeness (QED) is 0.0670. The monoisotopic (exact) mass is 1570 g/mol. The number of nitrogens with zero attached hydrogens (tertiary/aromatic N) is 4. The molecule has 0 saturated heterocycles. The molecule has 0 spiro atoms. The summed E-state index contributed by atoms with van der Waals surface area (Å²) in [6, 6.07) is 118. The van der Waals surface area contributed by atoms with Crippen LogP contribution in [0, 0.1) is 0 Å². The van der Waals surface area contributed by atoms with Crippen molar-refractivity contribution < 1.29 is 0 Å². The molecule has 6 aliphatic rings. The summed E-state index contributed by atoms with van der Waals surface area (Å²) in [7, 11) is 0. The molecule has 14 aromatic rings. The van der Waals surface area contributed by atoms with E-state index < -0.39 is 0 Å². The Hall–Kier alpha value is -11.7. The summed E-state index contributed by atoms with van der Waals surface area (Å²) in [5.74, 6) is 2.44. The molecule has 4 unspecified atom stereocenters. The van der Waals surface area contributed by atoms with Crippen molar-refractivity contribution in [3.63, 3.8) is 0 Å². The third-order valence-electron chi connectivity index (χ3n) is 26.5. The van der Waals surface area contributed by atoms with Crippen molar-refractivity contribution in [1.82, 2.24) is 0 Å². The number of hydrogen-bond acceptors (Lipinski definition) is 4. The number of fused-ring (bicyclic) bond motifs is 6. The minimum atomic E-state index is 0.607. The molecule has 0 heterocycles. The zero-order chi connectivity index (χ0) is 83.2. The van der Waals surface area contributed by atoms with E-state index >= 15 is 0 Å². The molecule has 20 rings (SSSR count). The van der Waals surface area contributed by atoms with Gasteiger partial charge in [0.1, 0.15) is 0 Å².